The monoisotopic (exact) mass is 221 g/mol. The smallest absolute Gasteiger partial charge is 0.158 e. The minimum Gasteiger partial charge on any atom is -0.327 e. The molecule has 0 unspecified atom stereocenters. The molecule has 0 saturated heterocycles. The highest BCUT2D eigenvalue weighted by molar-refractivity contribution is 6.34. The van der Waals surface area contributed by atoms with E-state index in [9.17, 15) is 0 Å². The zero-order chi connectivity index (χ0) is 10.8. The molecule has 0 bridgehead atoms. The van der Waals surface area contributed by atoms with Crippen LogP contribution in [0.4, 0.5) is 0 Å². The van der Waals surface area contributed by atoms with Gasteiger partial charge in [0, 0.05) is 19.0 Å². The molecule has 0 fully saturated rings. The molecule has 2 rings (SSSR count). The fourth-order valence-electron chi connectivity index (χ4n) is 1.54. The van der Waals surface area contributed by atoms with Gasteiger partial charge in [-0.05, 0) is 17.7 Å². The second-order valence-electron chi connectivity index (χ2n) is 3.33. The van der Waals surface area contributed by atoms with E-state index in [1.807, 2.05) is 37.4 Å². The largest absolute Gasteiger partial charge is 0.327 e. The lowest BCUT2D eigenvalue weighted by atomic mass is 10.1. The molecule has 2 N–H and O–H groups in total. The van der Waals surface area contributed by atoms with Gasteiger partial charge < -0.3 is 5.73 Å². The Hall–Kier alpha value is -1.32. The molecule has 1 aromatic heterocycles. The third-order valence-corrected chi connectivity index (χ3v) is 2.56. The Morgan fingerprint density at radius 1 is 1.53 bits per heavy atom. The summed E-state index contributed by atoms with van der Waals surface area (Å²) >= 11 is 5.96. The summed E-state index contributed by atoms with van der Waals surface area (Å²) in [6.45, 7) is 0.546. The van der Waals surface area contributed by atoms with Crippen LogP contribution in [-0.2, 0) is 7.05 Å². The predicted octanol–water partition coefficient (Wildman–Crippen LogP) is 2.20. The molecular weight excluding hydrogens is 210 g/mol. The molecule has 0 aliphatic heterocycles. The summed E-state index contributed by atoms with van der Waals surface area (Å²) in [5, 5.41) is 5.66. The van der Waals surface area contributed by atoms with Gasteiger partial charge in [-0.1, -0.05) is 29.8 Å². The van der Waals surface area contributed by atoms with Gasteiger partial charge >= 0.3 is 0 Å². The Kier molecular flexibility index (Phi) is 2.75. The molecule has 78 valence electrons. The number of rotatable bonds is 2. The van der Waals surface area contributed by atoms with Crippen LogP contribution in [0.15, 0.2) is 24.3 Å². The van der Waals surface area contributed by atoms with Crippen molar-refractivity contribution in [3.63, 3.8) is 0 Å². The number of fused-ring (bicyclic) bond motifs is 1. The number of halogens is 1. The van der Waals surface area contributed by atoms with Gasteiger partial charge in [0.1, 0.15) is 0 Å². The van der Waals surface area contributed by atoms with Gasteiger partial charge in [-0.15, -0.1) is 0 Å². The fraction of sp³-hybridized carbons (Fsp3) is 0.182. The number of hydrogen-bond donors (Lipinski definition) is 1. The molecule has 2 aromatic rings. The normalized spacial score (nSPS) is 11.7. The number of hydrogen-bond acceptors (Lipinski definition) is 2. The third-order valence-electron chi connectivity index (χ3n) is 2.28. The van der Waals surface area contributed by atoms with Crippen molar-refractivity contribution >= 4 is 28.6 Å². The Labute approximate surface area is 93.1 Å². The van der Waals surface area contributed by atoms with Crippen LogP contribution in [0.3, 0.4) is 0 Å². The number of aromatic nitrogens is 2. The second kappa shape index (κ2) is 4.04. The van der Waals surface area contributed by atoms with Crippen molar-refractivity contribution in [1.29, 1.82) is 0 Å². The van der Waals surface area contributed by atoms with Crippen LogP contribution in [0.2, 0.25) is 5.15 Å². The van der Waals surface area contributed by atoms with Gasteiger partial charge in [-0.2, -0.15) is 5.10 Å². The average molecular weight is 222 g/mol. The fourth-order valence-corrected chi connectivity index (χ4v) is 1.81. The first-order chi connectivity index (χ1) is 7.22. The molecule has 0 spiro atoms. The minimum atomic E-state index is 0.543. The lowest BCUT2D eigenvalue weighted by molar-refractivity contribution is 0.797. The maximum atomic E-state index is 5.96. The SMILES string of the molecule is Cn1nc(Cl)c2ccc(/C=C/CN)cc21. The highest BCUT2D eigenvalue weighted by Crippen LogP contribution is 2.23. The Morgan fingerprint density at radius 3 is 3.07 bits per heavy atom. The van der Waals surface area contributed by atoms with Crippen molar-refractivity contribution in [2.75, 3.05) is 6.54 Å². The Balaban J connectivity index is 2.55. The van der Waals surface area contributed by atoms with Crippen LogP contribution in [0.5, 0.6) is 0 Å². The zero-order valence-corrected chi connectivity index (χ0v) is 9.20. The molecular formula is C11H12ClN3. The van der Waals surface area contributed by atoms with Crippen LogP contribution in [0.25, 0.3) is 17.0 Å². The number of nitrogens with zero attached hydrogens (tertiary/aromatic N) is 2. The average Bonchev–Trinajstić information content (AvgIpc) is 2.52. The van der Waals surface area contributed by atoms with E-state index in [1.165, 1.54) is 0 Å². The van der Waals surface area contributed by atoms with Gasteiger partial charge in [0.05, 0.1) is 5.52 Å². The molecule has 1 heterocycles. The molecule has 1 aromatic carbocycles. The van der Waals surface area contributed by atoms with E-state index in [2.05, 4.69) is 5.10 Å². The van der Waals surface area contributed by atoms with E-state index in [1.54, 1.807) is 4.68 Å². The summed E-state index contributed by atoms with van der Waals surface area (Å²) in [5.41, 5.74) is 7.53. The first-order valence-corrected chi connectivity index (χ1v) is 5.09. The minimum absolute atomic E-state index is 0.543. The van der Waals surface area contributed by atoms with Crippen LogP contribution >= 0.6 is 11.6 Å². The van der Waals surface area contributed by atoms with Crippen molar-refractivity contribution in [3.8, 4) is 0 Å². The molecule has 0 radical (unpaired) electrons. The maximum absolute atomic E-state index is 5.96. The Bertz CT molecular complexity index is 514. The first-order valence-electron chi connectivity index (χ1n) is 4.71. The molecule has 0 aliphatic carbocycles. The summed E-state index contributed by atoms with van der Waals surface area (Å²) < 4.78 is 1.78. The summed E-state index contributed by atoms with van der Waals surface area (Å²) in [7, 11) is 1.88. The lowest BCUT2D eigenvalue weighted by Crippen LogP contribution is -1.92. The van der Waals surface area contributed by atoms with Gasteiger partial charge in [-0.3, -0.25) is 4.68 Å². The van der Waals surface area contributed by atoms with E-state index >= 15 is 0 Å². The third kappa shape index (κ3) is 1.89. The molecule has 0 atom stereocenters. The van der Waals surface area contributed by atoms with E-state index in [4.69, 9.17) is 17.3 Å². The second-order valence-corrected chi connectivity index (χ2v) is 3.69. The standard InChI is InChI=1S/C11H12ClN3/c1-15-10-7-8(3-2-6-13)4-5-9(10)11(12)14-15/h2-5,7H,6,13H2,1H3/b3-2+. The van der Waals surface area contributed by atoms with Crippen molar-refractivity contribution in [2.45, 2.75) is 0 Å². The van der Waals surface area contributed by atoms with Crippen molar-refractivity contribution in [1.82, 2.24) is 9.78 Å². The molecule has 0 aliphatic rings. The number of nitrogens with two attached hydrogens (primary N) is 1. The zero-order valence-electron chi connectivity index (χ0n) is 8.44. The van der Waals surface area contributed by atoms with Crippen LogP contribution in [0.1, 0.15) is 5.56 Å². The van der Waals surface area contributed by atoms with E-state index in [-0.39, 0.29) is 0 Å². The lowest BCUT2D eigenvalue weighted by Gasteiger charge is -1.96. The van der Waals surface area contributed by atoms with Crippen molar-refractivity contribution < 1.29 is 0 Å². The quantitative estimate of drug-likeness (QED) is 0.845. The van der Waals surface area contributed by atoms with Crippen LogP contribution < -0.4 is 5.73 Å². The number of aryl methyl sites for hydroxylation is 1. The van der Waals surface area contributed by atoms with Gasteiger partial charge in [0.25, 0.3) is 0 Å². The van der Waals surface area contributed by atoms with Crippen molar-refractivity contribution in [3.05, 3.63) is 35.0 Å². The van der Waals surface area contributed by atoms with Crippen molar-refractivity contribution in [2.24, 2.45) is 12.8 Å². The maximum Gasteiger partial charge on any atom is 0.158 e. The van der Waals surface area contributed by atoms with Gasteiger partial charge in [0.15, 0.2) is 5.15 Å². The molecule has 15 heavy (non-hydrogen) atoms. The Morgan fingerprint density at radius 2 is 2.33 bits per heavy atom. The number of benzene rings is 1. The summed E-state index contributed by atoms with van der Waals surface area (Å²) in [6.07, 6.45) is 3.90. The highest BCUT2D eigenvalue weighted by atomic mass is 35.5. The summed E-state index contributed by atoms with van der Waals surface area (Å²) in [5.74, 6) is 0. The van der Waals surface area contributed by atoms with E-state index in [0.717, 1.165) is 16.5 Å². The van der Waals surface area contributed by atoms with E-state index < -0.39 is 0 Å². The van der Waals surface area contributed by atoms with E-state index in [0.29, 0.717) is 11.7 Å². The molecule has 3 nitrogen and oxygen atoms in total. The topological polar surface area (TPSA) is 43.8 Å². The molecule has 0 amide bonds. The van der Waals surface area contributed by atoms with Crippen LogP contribution in [0, 0.1) is 0 Å². The summed E-state index contributed by atoms with van der Waals surface area (Å²) in [6, 6.07) is 6.02. The molecule has 4 heteroatoms. The summed E-state index contributed by atoms with van der Waals surface area (Å²) in [4.78, 5) is 0. The van der Waals surface area contributed by atoms with Gasteiger partial charge in [0.2, 0.25) is 0 Å². The van der Waals surface area contributed by atoms with Gasteiger partial charge in [-0.25, -0.2) is 0 Å². The van der Waals surface area contributed by atoms with Crippen LogP contribution in [-0.4, -0.2) is 16.3 Å². The molecule has 0 saturated carbocycles. The highest BCUT2D eigenvalue weighted by Gasteiger charge is 2.05. The first kappa shape index (κ1) is 10.2. The predicted molar refractivity (Wildman–Crippen MR) is 63.8 cm³/mol.